The fourth-order valence-corrected chi connectivity index (χ4v) is 3.48. The molecule has 1 N–H and O–H groups in total. The number of hydrogen-bond donors (Lipinski definition) is 1. The van der Waals surface area contributed by atoms with E-state index in [0.29, 0.717) is 12.1 Å². The van der Waals surface area contributed by atoms with Crippen LogP contribution in [0.1, 0.15) is 39.5 Å². The van der Waals surface area contributed by atoms with Crippen molar-refractivity contribution in [1.82, 2.24) is 10.2 Å². The summed E-state index contributed by atoms with van der Waals surface area (Å²) >= 11 is 0. The molecule has 0 aromatic rings. The molecule has 2 fully saturated rings. The minimum atomic E-state index is 0.468. The summed E-state index contributed by atoms with van der Waals surface area (Å²) in [6.07, 6.45) is 7.08. The van der Waals surface area contributed by atoms with Gasteiger partial charge in [0.05, 0.1) is 6.04 Å². The first-order chi connectivity index (χ1) is 8.11. The molecule has 1 unspecified atom stereocenters. The predicted octanol–water partition coefficient (Wildman–Crippen LogP) is 3.13. The van der Waals surface area contributed by atoms with Crippen LogP contribution in [0.5, 0.6) is 0 Å². The number of likely N-dealkylation sites (tertiary alicyclic amines) is 1. The topological polar surface area (TPSA) is 15.3 Å². The van der Waals surface area contributed by atoms with Crippen molar-refractivity contribution in [3.63, 3.8) is 0 Å². The maximum absolute atomic E-state index is 4.26. The van der Waals surface area contributed by atoms with Crippen molar-refractivity contribution in [3.05, 3.63) is 25.1 Å². The molecule has 1 aliphatic carbocycles. The third-order valence-electron chi connectivity index (χ3n) is 4.42. The Morgan fingerprint density at radius 1 is 1.35 bits per heavy atom. The molecule has 4 atom stereocenters. The first kappa shape index (κ1) is 12.5. The minimum absolute atomic E-state index is 0.468. The molecule has 1 heterocycles. The SMILES string of the molecule is C=CN1CCC[C@H]1C(=C)N[C@@H]1C[C@H](C)CC1C. The molecule has 1 saturated carbocycles. The molecule has 0 radical (unpaired) electrons. The summed E-state index contributed by atoms with van der Waals surface area (Å²) in [6.45, 7) is 14.0. The Kier molecular flexibility index (Phi) is 3.80. The van der Waals surface area contributed by atoms with Gasteiger partial charge in [0.2, 0.25) is 0 Å². The van der Waals surface area contributed by atoms with Gasteiger partial charge in [0.25, 0.3) is 0 Å². The molecule has 96 valence electrons. The van der Waals surface area contributed by atoms with E-state index in [1.807, 2.05) is 6.20 Å². The van der Waals surface area contributed by atoms with Crippen LogP contribution in [0.4, 0.5) is 0 Å². The Morgan fingerprint density at radius 2 is 2.12 bits per heavy atom. The molecule has 0 aromatic heterocycles. The van der Waals surface area contributed by atoms with E-state index in [9.17, 15) is 0 Å². The predicted molar refractivity (Wildman–Crippen MR) is 73.6 cm³/mol. The largest absolute Gasteiger partial charge is 0.384 e. The Labute approximate surface area is 106 Å². The highest BCUT2D eigenvalue weighted by molar-refractivity contribution is 5.10. The van der Waals surface area contributed by atoms with Crippen molar-refractivity contribution in [2.45, 2.75) is 51.6 Å². The van der Waals surface area contributed by atoms with Crippen LogP contribution in [0, 0.1) is 11.8 Å². The van der Waals surface area contributed by atoms with E-state index >= 15 is 0 Å². The Balaban J connectivity index is 1.90. The molecule has 0 aromatic carbocycles. The summed E-state index contributed by atoms with van der Waals surface area (Å²) in [5, 5.41) is 3.68. The smallest absolute Gasteiger partial charge is 0.0677 e. The maximum Gasteiger partial charge on any atom is 0.0677 e. The number of hydrogen-bond acceptors (Lipinski definition) is 2. The second-order valence-electron chi connectivity index (χ2n) is 5.91. The lowest BCUT2D eigenvalue weighted by atomic mass is 10.0. The highest BCUT2D eigenvalue weighted by Crippen LogP contribution is 2.32. The third-order valence-corrected chi connectivity index (χ3v) is 4.42. The molecule has 2 nitrogen and oxygen atoms in total. The van der Waals surface area contributed by atoms with Gasteiger partial charge in [0.15, 0.2) is 0 Å². The van der Waals surface area contributed by atoms with Crippen molar-refractivity contribution >= 4 is 0 Å². The van der Waals surface area contributed by atoms with E-state index in [-0.39, 0.29) is 0 Å². The van der Waals surface area contributed by atoms with Crippen LogP contribution in [-0.4, -0.2) is 23.5 Å². The molecule has 2 heteroatoms. The lowest BCUT2D eigenvalue weighted by Crippen LogP contribution is -2.38. The second kappa shape index (κ2) is 5.16. The summed E-state index contributed by atoms with van der Waals surface area (Å²) in [5.74, 6) is 1.63. The molecule has 0 spiro atoms. The van der Waals surface area contributed by atoms with Crippen molar-refractivity contribution in [3.8, 4) is 0 Å². The normalized spacial score (nSPS) is 37.2. The number of nitrogens with zero attached hydrogens (tertiary/aromatic N) is 1. The molecule has 0 amide bonds. The summed E-state index contributed by atoms with van der Waals surface area (Å²) in [7, 11) is 0. The quantitative estimate of drug-likeness (QED) is 0.804. The Morgan fingerprint density at radius 3 is 2.71 bits per heavy atom. The van der Waals surface area contributed by atoms with Gasteiger partial charge < -0.3 is 10.2 Å². The van der Waals surface area contributed by atoms with Gasteiger partial charge in [-0.1, -0.05) is 27.0 Å². The minimum Gasteiger partial charge on any atom is -0.384 e. The van der Waals surface area contributed by atoms with Gasteiger partial charge in [-0.25, -0.2) is 0 Å². The first-order valence-corrected chi connectivity index (χ1v) is 6.95. The standard InChI is InChI=1S/C15H26N2/c1-5-17-8-6-7-15(17)13(4)16-14-10-11(2)9-12(14)3/h5,11-12,14-16H,1,4,6-10H2,2-3H3/t11-,12?,14-,15+/m1/s1. The summed E-state index contributed by atoms with van der Waals surface area (Å²) in [6, 6.07) is 1.10. The van der Waals surface area contributed by atoms with Crippen molar-refractivity contribution in [2.75, 3.05) is 6.54 Å². The molecule has 17 heavy (non-hydrogen) atoms. The van der Waals surface area contributed by atoms with Crippen LogP contribution in [0.2, 0.25) is 0 Å². The average molecular weight is 234 g/mol. The van der Waals surface area contributed by atoms with Gasteiger partial charge in [0.1, 0.15) is 0 Å². The molecule has 2 aliphatic rings. The van der Waals surface area contributed by atoms with E-state index in [2.05, 4.69) is 37.2 Å². The van der Waals surface area contributed by atoms with E-state index in [4.69, 9.17) is 0 Å². The van der Waals surface area contributed by atoms with Crippen LogP contribution >= 0.6 is 0 Å². The van der Waals surface area contributed by atoms with Crippen molar-refractivity contribution < 1.29 is 0 Å². The van der Waals surface area contributed by atoms with E-state index in [0.717, 1.165) is 18.4 Å². The fourth-order valence-electron chi connectivity index (χ4n) is 3.48. The average Bonchev–Trinajstić information content (AvgIpc) is 2.85. The van der Waals surface area contributed by atoms with Crippen molar-refractivity contribution in [2.24, 2.45) is 11.8 Å². The molecule has 1 saturated heterocycles. The second-order valence-corrected chi connectivity index (χ2v) is 5.91. The van der Waals surface area contributed by atoms with Crippen LogP contribution in [0.3, 0.4) is 0 Å². The van der Waals surface area contributed by atoms with Gasteiger partial charge >= 0.3 is 0 Å². The number of nitrogens with one attached hydrogen (secondary N) is 1. The lowest BCUT2D eigenvalue weighted by molar-refractivity contribution is 0.354. The highest BCUT2D eigenvalue weighted by Gasteiger charge is 2.31. The van der Waals surface area contributed by atoms with Gasteiger partial charge in [-0.15, -0.1) is 0 Å². The van der Waals surface area contributed by atoms with Crippen LogP contribution in [0.25, 0.3) is 0 Å². The third kappa shape index (κ3) is 2.67. The fraction of sp³-hybridized carbons (Fsp3) is 0.733. The number of rotatable bonds is 4. The van der Waals surface area contributed by atoms with Gasteiger partial charge in [-0.05, 0) is 43.7 Å². The molecular formula is C15H26N2. The van der Waals surface area contributed by atoms with E-state index < -0.39 is 0 Å². The first-order valence-electron chi connectivity index (χ1n) is 6.95. The molecule has 2 rings (SSSR count). The maximum atomic E-state index is 4.26. The van der Waals surface area contributed by atoms with E-state index in [1.54, 1.807) is 0 Å². The summed E-state index contributed by atoms with van der Waals surface area (Å²) in [5.41, 5.74) is 1.20. The summed E-state index contributed by atoms with van der Waals surface area (Å²) in [4.78, 5) is 2.32. The lowest BCUT2D eigenvalue weighted by Gasteiger charge is -2.29. The zero-order chi connectivity index (χ0) is 12.4. The van der Waals surface area contributed by atoms with Crippen LogP contribution in [-0.2, 0) is 0 Å². The molecule has 1 aliphatic heterocycles. The zero-order valence-corrected chi connectivity index (χ0v) is 11.3. The zero-order valence-electron chi connectivity index (χ0n) is 11.3. The van der Waals surface area contributed by atoms with Crippen LogP contribution < -0.4 is 5.32 Å². The van der Waals surface area contributed by atoms with Gasteiger partial charge in [0, 0.05) is 18.3 Å². The Bertz CT molecular complexity index is 297. The van der Waals surface area contributed by atoms with Crippen LogP contribution in [0.15, 0.2) is 25.1 Å². The van der Waals surface area contributed by atoms with E-state index in [1.165, 1.54) is 31.4 Å². The monoisotopic (exact) mass is 234 g/mol. The summed E-state index contributed by atoms with van der Waals surface area (Å²) < 4.78 is 0. The highest BCUT2D eigenvalue weighted by atomic mass is 15.2. The van der Waals surface area contributed by atoms with Gasteiger partial charge in [-0.2, -0.15) is 0 Å². The van der Waals surface area contributed by atoms with Crippen molar-refractivity contribution in [1.29, 1.82) is 0 Å². The molecule has 0 bridgehead atoms. The Hall–Kier alpha value is -0.920. The molecular weight excluding hydrogens is 208 g/mol. The van der Waals surface area contributed by atoms with Gasteiger partial charge in [-0.3, -0.25) is 0 Å².